The number of carbonyl (C=O) groups is 1. The average Bonchev–Trinajstić information content (AvgIpc) is 3.01. The number of amides is 1. The number of benzene rings is 1. The van der Waals surface area contributed by atoms with Gasteiger partial charge in [0.1, 0.15) is 0 Å². The summed E-state index contributed by atoms with van der Waals surface area (Å²) in [6.45, 7) is 4.45. The van der Waals surface area contributed by atoms with E-state index in [4.69, 9.17) is 10.5 Å². The molecule has 2 N–H and O–H groups in total. The van der Waals surface area contributed by atoms with Crippen LogP contribution in [0.5, 0.6) is 0 Å². The molecule has 1 atom stereocenters. The van der Waals surface area contributed by atoms with Crippen LogP contribution in [0, 0.1) is 0 Å². The van der Waals surface area contributed by atoms with Gasteiger partial charge in [0.25, 0.3) is 0 Å². The first kappa shape index (κ1) is 15.8. The summed E-state index contributed by atoms with van der Waals surface area (Å²) in [7, 11) is 0.888. The van der Waals surface area contributed by atoms with Crippen molar-refractivity contribution in [3.63, 3.8) is 0 Å². The number of hydrogen-bond donors (Lipinski definition) is 1. The van der Waals surface area contributed by atoms with E-state index < -0.39 is 8.41 Å². The van der Waals surface area contributed by atoms with Crippen LogP contribution in [0.2, 0.25) is 13.1 Å². The van der Waals surface area contributed by atoms with Gasteiger partial charge >= 0.3 is 0 Å². The van der Waals surface area contributed by atoms with Gasteiger partial charge in [0, 0.05) is 21.1 Å². The van der Waals surface area contributed by atoms with Crippen molar-refractivity contribution in [2.75, 3.05) is 7.11 Å². The van der Waals surface area contributed by atoms with Gasteiger partial charge in [-0.25, -0.2) is 0 Å². The smallest absolute Gasteiger partial charge is 0.249 e. The van der Waals surface area contributed by atoms with Crippen LogP contribution in [0.3, 0.4) is 0 Å². The number of hydrogen-bond acceptors (Lipinski definition) is 2. The quantitative estimate of drug-likeness (QED) is 0.869. The zero-order valence-corrected chi connectivity index (χ0v) is 14.7. The van der Waals surface area contributed by atoms with Crippen molar-refractivity contribution in [2.24, 2.45) is 5.73 Å². The molecule has 0 saturated heterocycles. The highest BCUT2D eigenvalue weighted by Gasteiger charge is 2.28. The van der Waals surface area contributed by atoms with Crippen LogP contribution in [-0.2, 0) is 16.0 Å². The Morgan fingerprint density at radius 1 is 1.30 bits per heavy atom. The second-order valence-corrected chi connectivity index (χ2v) is 8.61. The van der Waals surface area contributed by atoms with Gasteiger partial charge in [0.15, 0.2) is 0 Å². The third kappa shape index (κ3) is 2.68. The molecule has 0 fully saturated rings. The minimum absolute atomic E-state index is 0.0850. The van der Waals surface area contributed by atoms with Gasteiger partial charge in [0.2, 0.25) is 5.91 Å². The van der Waals surface area contributed by atoms with E-state index in [2.05, 4.69) is 43.4 Å². The molecule has 0 saturated carbocycles. The van der Waals surface area contributed by atoms with Crippen LogP contribution in [0.1, 0.15) is 16.7 Å². The van der Waals surface area contributed by atoms with Gasteiger partial charge < -0.3 is 10.5 Å². The lowest BCUT2D eigenvalue weighted by atomic mass is 9.86. The summed E-state index contributed by atoms with van der Waals surface area (Å²) in [6.07, 6.45) is 8.92. The first-order chi connectivity index (χ1) is 11.0. The molecular formula is C19H21NO2Si. The molecule has 3 nitrogen and oxygen atoms in total. The second kappa shape index (κ2) is 6.22. The predicted molar refractivity (Wildman–Crippen MR) is 97.7 cm³/mol. The van der Waals surface area contributed by atoms with E-state index in [9.17, 15) is 4.79 Å². The van der Waals surface area contributed by atoms with Crippen molar-refractivity contribution in [2.45, 2.75) is 25.6 Å². The number of allylic oxidation sites excluding steroid dienone is 1. The van der Waals surface area contributed by atoms with Gasteiger partial charge in [-0.3, -0.25) is 4.79 Å². The highest BCUT2D eigenvalue weighted by molar-refractivity contribution is 6.78. The van der Waals surface area contributed by atoms with Gasteiger partial charge in [-0.05, 0) is 39.9 Å². The van der Waals surface area contributed by atoms with E-state index in [1.165, 1.54) is 16.3 Å². The second-order valence-electron chi connectivity index (χ2n) is 6.07. The zero-order valence-electron chi connectivity index (χ0n) is 13.7. The molecule has 0 radical (unpaired) electrons. The van der Waals surface area contributed by atoms with Crippen LogP contribution >= 0.6 is 0 Å². The van der Waals surface area contributed by atoms with Crippen molar-refractivity contribution in [1.29, 1.82) is 0 Å². The predicted octanol–water partition coefficient (Wildman–Crippen LogP) is 2.59. The standard InChI is InChI=1S/C19H21NO2Si/c1-22-16-11-10-15(19(20)21)17(18(16)23(2)3)14-9-5-7-12-6-4-8-13(12)14/h4-5,7-11,16H,6H2,1-3H3,(H2,20,21). The molecule has 2 aliphatic rings. The van der Waals surface area contributed by atoms with Crippen molar-refractivity contribution in [1.82, 2.24) is 0 Å². The highest BCUT2D eigenvalue weighted by Crippen LogP contribution is 2.34. The summed E-state index contributed by atoms with van der Waals surface area (Å²) in [5.41, 5.74) is 10.8. The molecule has 23 heavy (non-hydrogen) atoms. The number of fused-ring (bicyclic) bond motifs is 1. The van der Waals surface area contributed by atoms with Crippen LogP contribution in [0.15, 0.2) is 42.0 Å². The first-order valence-corrected chi connectivity index (χ1v) is 10.3. The number of ether oxygens (including phenoxy) is 1. The molecule has 118 valence electrons. The van der Waals surface area contributed by atoms with E-state index in [-0.39, 0.29) is 12.0 Å². The number of nitrogens with two attached hydrogens (primary N) is 1. The molecule has 1 unspecified atom stereocenters. The van der Waals surface area contributed by atoms with Crippen molar-refractivity contribution >= 4 is 31.1 Å². The molecule has 1 aromatic carbocycles. The maximum absolute atomic E-state index is 12.1. The van der Waals surface area contributed by atoms with E-state index in [1.807, 2.05) is 12.2 Å². The average molecular weight is 323 g/mol. The fourth-order valence-electron chi connectivity index (χ4n) is 3.39. The molecule has 4 heteroatoms. The minimum Gasteiger partial charge on any atom is -0.373 e. The summed E-state index contributed by atoms with van der Waals surface area (Å²) < 4.78 is 5.66. The first-order valence-electron chi connectivity index (χ1n) is 7.76. The summed E-state index contributed by atoms with van der Waals surface area (Å²) in [4.78, 5) is 12.1. The molecular weight excluding hydrogens is 302 g/mol. The van der Waals surface area contributed by atoms with Gasteiger partial charge in [0.05, 0.1) is 6.10 Å². The Hall–Kier alpha value is -2.04. The Morgan fingerprint density at radius 3 is 2.74 bits per heavy atom. The van der Waals surface area contributed by atoms with E-state index in [0.29, 0.717) is 5.57 Å². The molecule has 0 bridgehead atoms. The fraction of sp³-hybridized carbons (Fsp3) is 0.263. The highest BCUT2D eigenvalue weighted by atomic mass is 28.2. The zero-order chi connectivity index (χ0) is 16.6. The molecule has 1 aromatic rings. The van der Waals surface area contributed by atoms with Crippen molar-refractivity contribution in [3.05, 3.63) is 58.7 Å². The maximum Gasteiger partial charge on any atom is 0.249 e. The molecule has 3 rings (SSSR count). The van der Waals surface area contributed by atoms with E-state index in [0.717, 1.165) is 17.6 Å². The molecule has 0 aromatic heterocycles. The van der Waals surface area contributed by atoms with E-state index >= 15 is 0 Å². The summed E-state index contributed by atoms with van der Waals surface area (Å²) in [5, 5.41) is 1.21. The van der Waals surface area contributed by atoms with Crippen LogP contribution < -0.4 is 5.73 Å². The summed E-state index contributed by atoms with van der Waals surface area (Å²) in [6, 6.07) is 6.28. The largest absolute Gasteiger partial charge is 0.373 e. The normalized spacial score (nSPS) is 19.3. The lowest BCUT2D eigenvalue weighted by Gasteiger charge is -2.27. The van der Waals surface area contributed by atoms with Gasteiger partial charge in [-0.15, -0.1) is 0 Å². The van der Waals surface area contributed by atoms with Crippen molar-refractivity contribution in [3.8, 4) is 0 Å². The molecule has 0 heterocycles. The third-order valence-electron chi connectivity index (χ3n) is 4.41. The fourth-order valence-corrected chi connectivity index (χ4v) is 4.94. The maximum atomic E-state index is 12.1. The minimum atomic E-state index is -0.823. The van der Waals surface area contributed by atoms with Crippen LogP contribution in [0.4, 0.5) is 0 Å². The Kier molecular flexibility index (Phi) is 4.28. The topological polar surface area (TPSA) is 52.3 Å². The van der Waals surface area contributed by atoms with E-state index in [1.54, 1.807) is 7.11 Å². The SMILES string of the molecule is COC1C=CC(C(N)=O)=C(c2cccc3c2C=CC3)C1=[Si](C)C. The van der Waals surface area contributed by atoms with Gasteiger partial charge in [-0.2, -0.15) is 0 Å². The lowest BCUT2D eigenvalue weighted by Crippen LogP contribution is -2.33. The van der Waals surface area contributed by atoms with Crippen LogP contribution in [0.25, 0.3) is 11.6 Å². The molecule has 0 aliphatic heterocycles. The Morgan fingerprint density at radius 2 is 2.09 bits per heavy atom. The summed E-state index contributed by atoms with van der Waals surface area (Å²) in [5.74, 6) is -0.383. The Bertz CT molecular complexity index is 796. The third-order valence-corrected chi connectivity index (χ3v) is 6.02. The number of carbonyl (C=O) groups excluding carboxylic acids is 1. The number of rotatable bonds is 3. The number of methoxy groups -OCH3 is 1. The monoisotopic (exact) mass is 323 g/mol. The van der Waals surface area contributed by atoms with Gasteiger partial charge in [-0.1, -0.05) is 49.5 Å². The lowest BCUT2D eigenvalue weighted by molar-refractivity contribution is -0.114. The van der Waals surface area contributed by atoms with Crippen molar-refractivity contribution < 1.29 is 9.53 Å². The molecule has 1 amide bonds. The Balaban J connectivity index is 2.33. The summed E-state index contributed by atoms with van der Waals surface area (Å²) >= 11 is 0. The van der Waals surface area contributed by atoms with Crippen LogP contribution in [-0.4, -0.2) is 32.7 Å². The Labute approximate surface area is 138 Å². The number of primary amides is 1. The molecule has 0 spiro atoms. The molecule has 2 aliphatic carbocycles.